The maximum absolute atomic E-state index is 12.2. The van der Waals surface area contributed by atoms with E-state index in [-0.39, 0.29) is 38.3 Å². The van der Waals surface area contributed by atoms with Gasteiger partial charge in [0.1, 0.15) is 13.2 Å². The molecule has 0 aromatic heterocycles. The lowest BCUT2D eigenvalue weighted by Gasteiger charge is -2.19. The summed E-state index contributed by atoms with van der Waals surface area (Å²) in [6, 6.07) is -0.297. The highest BCUT2D eigenvalue weighted by molar-refractivity contribution is 5.78. The summed E-state index contributed by atoms with van der Waals surface area (Å²) in [5.41, 5.74) is 20.9. The van der Waals surface area contributed by atoms with Crippen molar-refractivity contribution in [1.82, 2.24) is 16.0 Å². The van der Waals surface area contributed by atoms with Gasteiger partial charge < -0.3 is 48.4 Å². The van der Waals surface area contributed by atoms with Crippen LogP contribution in [0.5, 0.6) is 0 Å². The Kier molecular flexibility index (Phi) is 28.1. The third kappa shape index (κ3) is 29.8. The highest BCUT2D eigenvalue weighted by atomic mass is 16.6. The van der Waals surface area contributed by atoms with Gasteiger partial charge in [0.05, 0.1) is 19.1 Å². The second-order valence-corrected chi connectivity index (χ2v) is 8.12. The quantitative estimate of drug-likeness (QED) is 0.109. The van der Waals surface area contributed by atoms with Gasteiger partial charge in [0.25, 0.3) is 0 Å². The number of nitrogens with two attached hydrogens (primary N) is 4. The molecule has 0 aliphatic rings. The molecule has 0 radical (unpaired) electrons. The Labute approximate surface area is 210 Å². The first-order valence-corrected chi connectivity index (χ1v) is 12.8. The molecule has 208 valence electrons. The van der Waals surface area contributed by atoms with Crippen molar-refractivity contribution in [3.63, 3.8) is 0 Å². The molecule has 0 aliphatic heterocycles. The average Bonchev–Trinajstić information content (AvgIpc) is 2.83. The summed E-state index contributed by atoms with van der Waals surface area (Å²) in [5, 5.41) is 8.45. The van der Waals surface area contributed by atoms with E-state index in [0.29, 0.717) is 13.0 Å². The van der Waals surface area contributed by atoms with Gasteiger partial charge in [0.2, 0.25) is 5.91 Å². The molecule has 0 aliphatic carbocycles. The summed E-state index contributed by atoms with van der Waals surface area (Å²) in [4.78, 5) is 34.3. The fourth-order valence-electron chi connectivity index (χ4n) is 2.87. The molecule has 1 atom stereocenters. The van der Waals surface area contributed by atoms with Crippen molar-refractivity contribution in [2.24, 2.45) is 22.9 Å². The first-order chi connectivity index (χ1) is 16.9. The van der Waals surface area contributed by atoms with E-state index in [1.54, 1.807) is 0 Å². The largest absolute Gasteiger partial charge is 0.448 e. The second kappa shape index (κ2) is 28.1. The smallest absolute Gasteiger partial charge is 0.407 e. The predicted octanol–water partition coefficient (Wildman–Crippen LogP) is 0.666. The zero-order valence-electron chi connectivity index (χ0n) is 21.7. The molecular formula is C23H51N7O5. The van der Waals surface area contributed by atoms with Crippen LogP contribution < -0.4 is 38.9 Å². The minimum atomic E-state index is -0.909. The number of hydrogen-bond acceptors (Lipinski definition) is 9. The molecule has 0 aromatic carbocycles. The minimum Gasteiger partial charge on any atom is -0.448 e. The van der Waals surface area contributed by atoms with Crippen LogP contribution in [-0.2, 0) is 14.3 Å². The molecule has 0 rings (SSSR count). The number of amides is 3. The topological polar surface area (TPSA) is 210 Å². The van der Waals surface area contributed by atoms with E-state index in [1.807, 2.05) is 0 Å². The molecule has 12 heteroatoms. The first kappa shape index (κ1) is 35.0. The Morgan fingerprint density at radius 2 is 1.43 bits per heavy atom. The molecule has 0 heterocycles. The lowest BCUT2D eigenvalue weighted by Crippen LogP contribution is -2.44. The van der Waals surface area contributed by atoms with Crippen LogP contribution in [0, 0.1) is 0 Å². The monoisotopic (exact) mass is 505 g/mol. The lowest BCUT2D eigenvalue weighted by atomic mass is 10.1. The lowest BCUT2D eigenvalue weighted by molar-refractivity contribution is -0.121. The van der Waals surface area contributed by atoms with Crippen molar-refractivity contribution in [2.45, 2.75) is 77.2 Å². The maximum atomic E-state index is 12.2. The Balaban J connectivity index is 0. The zero-order chi connectivity index (χ0) is 26.6. The van der Waals surface area contributed by atoms with Crippen molar-refractivity contribution in [3.05, 3.63) is 0 Å². The van der Waals surface area contributed by atoms with E-state index in [9.17, 15) is 14.4 Å². The van der Waals surface area contributed by atoms with Crippen molar-refractivity contribution < 1.29 is 23.9 Å². The Hall–Kier alpha value is -2.15. The number of ether oxygens (including phenoxy) is 2. The maximum Gasteiger partial charge on any atom is 0.407 e. The number of primary amides is 1. The summed E-state index contributed by atoms with van der Waals surface area (Å²) in [6.45, 7) is 5.35. The fraction of sp³-hybridized carbons (Fsp3) is 0.870. The van der Waals surface area contributed by atoms with Crippen LogP contribution in [0.15, 0.2) is 0 Å². The molecule has 12 nitrogen and oxygen atoms in total. The summed E-state index contributed by atoms with van der Waals surface area (Å²) in [5.74, 6) is -0.144. The second-order valence-electron chi connectivity index (χ2n) is 8.12. The molecule has 0 aromatic rings. The van der Waals surface area contributed by atoms with Gasteiger partial charge in [-0.3, -0.25) is 4.79 Å². The molecule has 35 heavy (non-hydrogen) atoms. The summed E-state index contributed by atoms with van der Waals surface area (Å²) in [7, 11) is 0. The highest BCUT2D eigenvalue weighted by Crippen LogP contribution is 2.02. The van der Waals surface area contributed by atoms with Crippen LogP contribution in [0.25, 0.3) is 0 Å². The molecule has 0 saturated carbocycles. The van der Waals surface area contributed by atoms with Gasteiger partial charge in [-0.1, -0.05) is 39.0 Å². The Bertz CT molecular complexity index is 511. The van der Waals surface area contributed by atoms with Crippen LogP contribution >= 0.6 is 0 Å². The third-order valence-corrected chi connectivity index (χ3v) is 4.80. The number of alkyl carbamates (subject to hydrolysis) is 1. The molecule has 0 fully saturated rings. The molecule has 11 N–H and O–H groups in total. The number of rotatable bonds is 21. The van der Waals surface area contributed by atoms with Crippen LogP contribution in [0.3, 0.4) is 0 Å². The van der Waals surface area contributed by atoms with E-state index >= 15 is 0 Å². The van der Waals surface area contributed by atoms with Gasteiger partial charge in [-0.15, -0.1) is 0 Å². The van der Waals surface area contributed by atoms with Gasteiger partial charge in [0, 0.05) is 0 Å². The van der Waals surface area contributed by atoms with Crippen molar-refractivity contribution in [1.29, 1.82) is 0 Å². The van der Waals surface area contributed by atoms with Gasteiger partial charge >= 0.3 is 12.2 Å². The van der Waals surface area contributed by atoms with Crippen LogP contribution in [0.4, 0.5) is 9.59 Å². The Morgan fingerprint density at radius 1 is 0.800 bits per heavy atom. The molecule has 3 amide bonds. The summed E-state index contributed by atoms with van der Waals surface area (Å²) < 4.78 is 9.64. The van der Waals surface area contributed by atoms with E-state index in [1.165, 1.54) is 12.8 Å². The SMILES string of the molecule is CCCCN.NCCCCCCCNCC(=O)NC(CCCCN)COC(=O)NCCOC(N)=O. The number of unbranched alkanes of at least 4 members (excludes halogenated alkanes) is 6. The molecule has 0 saturated heterocycles. The van der Waals surface area contributed by atoms with E-state index < -0.39 is 12.2 Å². The molecular weight excluding hydrogens is 454 g/mol. The van der Waals surface area contributed by atoms with E-state index in [0.717, 1.165) is 64.6 Å². The van der Waals surface area contributed by atoms with Crippen molar-refractivity contribution in [3.8, 4) is 0 Å². The average molecular weight is 506 g/mol. The van der Waals surface area contributed by atoms with Crippen LogP contribution in [-0.4, -0.2) is 76.6 Å². The van der Waals surface area contributed by atoms with E-state index in [2.05, 4.69) is 27.6 Å². The van der Waals surface area contributed by atoms with Crippen molar-refractivity contribution in [2.75, 3.05) is 52.5 Å². The molecule has 0 bridgehead atoms. The van der Waals surface area contributed by atoms with Crippen LogP contribution in [0.1, 0.15) is 71.1 Å². The Morgan fingerprint density at radius 3 is 2.03 bits per heavy atom. The third-order valence-electron chi connectivity index (χ3n) is 4.80. The number of nitrogens with one attached hydrogen (secondary N) is 3. The number of carbonyl (C=O) groups is 3. The molecule has 0 spiro atoms. The molecule has 1 unspecified atom stereocenters. The van der Waals surface area contributed by atoms with Gasteiger partial charge in [-0.05, 0) is 58.3 Å². The van der Waals surface area contributed by atoms with Crippen LogP contribution in [0.2, 0.25) is 0 Å². The van der Waals surface area contributed by atoms with E-state index in [4.69, 9.17) is 27.7 Å². The minimum absolute atomic E-state index is 0.0416. The number of carbonyl (C=O) groups excluding carboxylic acids is 3. The standard InChI is InChI=1S/C19H40N6O5.C4H11N/c20-9-5-2-1-3-7-11-23-14-17(26)25-16(8-4-6-10-21)15-30-19(28)24-12-13-29-18(22)27;1-2-3-4-5/h16,23H,1-15,20-21H2,(H2,22,27)(H,24,28)(H,25,26);2-5H2,1H3. The number of hydrogen-bond donors (Lipinski definition) is 7. The van der Waals surface area contributed by atoms with Gasteiger partial charge in [-0.25, -0.2) is 9.59 Å². The van der Waals surface area contributed by atoms with Crippen molar-refractivity contribution >= 4 is 18.1 Å². The summed E-state index contributed by atoms with van der Waals surface area (Å²) >= 11 is 0. The first-order valence-electron chi connectivity index (χ1n) is 12.8. The van der Waals surface area contributed by atoms with Gasteiger partial charge in [-0.2, -0.15) is 0 Å². The predicted molar refractivity (Wildman–Crippen MR) is 139 cm³/mol. The fourth-order valence-corrected chi connectivity index (χ4v) is 2.87. The zero-order valence-corrected chi connectivity index (χ0v) is 21.7. The summed E-state index contributed by atoms with van der Waals surface area (Å²) in [6.07, 6.45) is 8.60. The normalized spacial score (nSPS) is 11.1. The van der Waals surface area contributed by atoms with Gasteiger partial charge in [0.15, 0.2) is 0 Å². The highest BCUT2D eigenvalue weighted by Gasteiger charge is 2.14.